The first-order valence-corrected chi connectivity index (χ1v) is 3.84. The van der Waals surface area contributed by atoms with Gasteiger partial charge in [0.25, 0.3) is 0 Å². The summed E-state index contributed by atoms with van der Waals surface area (Å²) in [6, 6.07) is 5.99. The maximum absolute atomic E-state index is 5.71. The van der Waals surface area contributed by atoms with E-state index in [0.717, 1.165) is 17.9 Å². The molecule has 0 heterocycles. The van der Waals surface area contributed by atoms with Crippen LogP contribution >= 0.6 is 24.8 Å². The molecule has 0 saturated carbocycles. The lowest BCUT2D eigenvalue weighted by atomic mass is 10.2. The maximum atomic E-state index is 5.71. The van der Waals surface area contributed by atoms with Gasteiger partial charge in [0.05, 0.1) is 11.4 Å². The van der Waals surface area contributed by atoms with Crippen LogP contribution in [0.2, 0.25) is 0 Å². The van der Waals surface area contributed by atoms with Crippen molar-refractivity contribution >= 4 is 36.2 Å². The molecule has 0 aliphatic carbocycles. The average Bonchev–Trinajstić information content (AvgIpc) is 1.98. The Morgan fingerprint density at radius 1 is 1.31 bits per heavy atom. The number of nitrogens with one attached hydrogen (secondary N) is 1. The van der Waals surface area contributed by atoms with E-state index in [1.54, 1.807) is 0 Å². The summed E-state index contributed by atoms with van der Waals surface area (Å²) in [5, 5.41) is 3.19. The minimum absolute atomic E-state index is 0. The minimum Gasteiger partial charge on any atom is -0.397 e. The summed E-state index contributed by atoms with van der Waals surface area (Å²) in [5.41, 5.74) is 8.80. The predicted molar refractivity (Wildman–Crippen MR) is 64.3 cm³/mol. The number of hydrogen-bond donors (Lipinski definition) is 2. The van der Waals surface area contributed by atoms with Gasteiger partial charge in [0.1, 0.15) is 0 Å². The smallest absolute Gasteiger partial charge is 0.0576 e. The SMILES string of the molecule is CCNc1cc(C)ccc1N.Cl.Cl. The first-order chi connectivity index (χ1) is 5.24. The van der Waals surface area contributed by atoms with E-state index in [1.807, 2.05) is 12.1 Å². The first-order valence-electron chi connectivity index (χ1n) is 3.84. The number of benzene rings is 1. The molecule has 0 aliphatic rings. The van der Waals surface area contributed by atoms with Crippen LogP contribution in [-0.2, 0) is 0 Å². The highest BCUT2D eigenvalue weighted by Crippen LogP contribution is 2.18. The van der Waals surface area contributed by atoms with Crippen molar-refractivity contribution in [1.82, 2.24) is 0 Å². The van der Waals surface area contributed by atoms with Gasteiger partial charge in [0.15, 0.2) is 0 Å². The quantitative estimate of drug-likeness (QED) is 0.756. The summed E-state index contributed by atoms with van der Waals surface area (Å²) in [4.78, 5) is 0. The molecule has 0 radical (unpaired) electrons. The summed E-state index contributed by atoms with van der Waals surface area (Å²) in [7, 11) is 0. The van der Waals surface area contributed by atoms with Crippen molar-refractivity contribution in [1.29, 1.82) is 0 Å². The zero-order valence-corrected chi connectivity index (χ0v) is 9.47. The molecule has 0 atom stereocenters. The standard InChI is InChI=1S/C9H14N2.2ClH/c1-3-11-9-6-7(2)4-5-8(9)10;;/h4-6,11H,3,10H2,1-2H3;2*1H. The van der Waals surface area contributed by atoms with Crippen molar-refractivity contribution in [2.45, 2.75) is 13.8 Å². The second-order valence-corrected chi connectivity index (χ2v) is 2.62. The maximum Gasteiger partial charge on any atom is 0.0576 e. The normalized spacial score (nSPS) is 8.15. The van der Waals surface area contributed by atoms with Gasteiger partial charge in [-0.1, -0.05) is 6.07 Å². The summed E-state index contributed by atoms with van der Waals surface area (Å²) in [6.45, 7) is 5.02. The second-order valence-electron chi connectivity index (χ2n) is 2.62. The molecule has 0 bridgehead atoms. The third kappa shape index (κ3) is 4.25. The van der Waals surface area contributed by atoms with Crippen molar-refractivity contribution in [2.75, 3.05) is 17.6 Å². The Hall–Kier alpha value is -0.600. The number of aryl methyl sites for hydroxylation is 1. The van der Waals surface area contributed by atoms with E-state index < -0.39 is 0 Å². The molecule has 0 aromatic heterocycles. The highest BCUT2D eigenvalue weighted by molar-refractivity contribution is 5.85. The molecular weight excluding hydrogens is 207 g/mol. The van der Waals surface area contributed by atoms with E-state index in [2.05, 4.69) is 25.2 Å². The van der Waals surface area contributed by atoms with E-state index in [0.29, 0.717) is 0 Å². The van der Waals surface area contributed by atoms with Gasteiger partial charge in [-0.15, -0.1) is 24.8 Å². The van der Waals surface area contributed by atoms with Crippen molar-refractivity contribution in [3.8, 4) is 0 Å². The number of hydrogen-bond acceptors (Lipinski definition) is 2. The van der Waals surface area contributed by atoms with Crippen LogP contribution in [0.1, 0.15) is 12.5 Å². The highest BCUT2D eigenvalue weighted by Gasteiger charge is 1.95. The molecule has 3 N–H and O–H groups in total. The molecule has 1 rings (SSSR count). The zero-order chi connectivity index (χ0) is 8.27. The molecule has 0 saturated heterocycles. The summed E-state index contributed by atoms with van der Waals surface area (Å²) >= 11 is 0. The number of nitrogens with two attached hydrogens (primary N) is 1. The molecule has 1 aromatic carbocycles. The van der Waals surface area contributed by atoms with E-state index in [4.69, 9.17) is 5.73 Å². The third-order valence-electron chi connectivity index (χ3n) is 1.58. The molecule has 4 heteroatoms. The van der Waals surface area contributed by atoms with Crippen molar-refractivity contribution < 1.29 is 0 Å². The van der Waals surface area contributed by atoms with Gasteiger partial charge in [0, 0.05) is 6.54 Å². The van der Waals surface area contributed by atoms with Gasteiger partial charge < -0.3 is 11.1 Å². The van der Waals surface area contributed by atoms with Crippen LogP contribution in [0.4, 0.5) is 11.4 Å². The van der Waals surface area contributed by atoms with E-state index in [-0.39, 0.29) is 24.8 Å². The van der Waals surface area contributed by atoms with Crippen LogP contribution in [0, 0.1) is 6.92 Å². The molecule has 0 aliphatic heterocycles. The molecule has 76 valence electrons. The molecule has 0 amide bonds. The lowest BCUT2D eigenvalue weighted by Crippen LogP contribution is -2.00. The molecule has 0 fully saturated rings. The van der Waals surface area contributed by atoms with Crippen LogP contribution in [-0.4, -0.2) is 6.54 Å². The Bertz CT molecular complexity index is 251. The fourth-order valence-corrected chi connectivity index (χ4v) is 1.01. The van der Waals surface area contributed by atoms with E-state index in [1.165, 1.54) is 5.56 Å². The van der Waals surface area contributed by atoms with Crippen LogP contribution in [0.15, 0.2) is 18.2 Å². The predicted octanol–water partition coefficient (Wildman–Crippen LogP) is 2.85. The van der Waals surface area contributed by atoms with Gasteiger partial charge >= 0.3 is 0 Å². The fourth-order valence-electron chi connectivity index (χ4n) is 1.01. The molecular formula is C9H16Cl2N2. The highest BCUT2D eigenvalue weighted by atomic mass is 35.5. The van der Waals surface area contributed by atoms with Crippen molar-refractivity contribution in [3.63, 3.8) is 0 Å². The number of anilines is 2. The topological polar surface area (TPSA) is 38.0 Å². The summed E-state index contributed by atoms with van der Waals surface area (Å²) < 4.78 is 0. The molecule has 13 heavy (non-hydrogen) atoms. The molecule has 2 nitrogen and oxygen atoms in total. The number of halogens is 2. The lowest BCUT2D eigenvalue weighted by Gasteiger charge is -2.06. The third-order valence-corrected chi connectivity index (χ3v) is 1.58. The van der Waals surface area contributed by atoms with Crippen molar-refractivity contribution in [2.24, 2.45) is 0 Å². The summed E-state index contributed by atoms with van der Waals surface area (Å²) in [6.07, 6.45) is 0. The largest absolute Gasteiger partial charge is 0.397 e. The van der Waals surface area contributed by atoms with Crippen molar-refractivity contribution in [3.05, 3.63) is 23.8 Å². The van der Waals surface area contributed by atoms with Crippen LogP contribution in [0.3, 0.4) is 0 Å². The Balaban J connectivity index is 0. The van der Waals surface area contributed by atoms with E-state index >= 15 is 0 Å². The van der Waals surface area contributed by atoms with Gasteiger partial charge in [-0.25, -0.2) is 0 Å². The average molecular weight is 223 g/mol. The number of rotatable bonds is 2. The Morgan fingerprint density at radius 3 is 2.46 bits per heavy atom. The number of nitrogen functional groups attached to an aromatic ring is 1. The van der Waals surface area contributed by atoms with Gasteiger partial charge in [-0.05, 0) is 31.5 Å². The van der Waals surface area contributed by atoms with Crippen LogP contribution in [0.5, 0.6) is 0 Å². The molecule has 1 aromatic rings. The van der Waals surface area contributed by atoms with Crippen LogP contribution < -0.4 is 11.1 Å². The Labute approximate surface area is 91.7 Å². The van der Waals surface area contributed by atoms with Gasteiger partial charge in [-0.3, -0.25) is 0 Å². The van der Waals surface area contributed by atoms with Gasteiger partial charge in [-0.2, -0.15) is 0 Å². The van der Waals surface area contributed by atoms with E-state index in [9.17, 15) is 0 Å². The first kappa shape index (κ1) is 14.9. The minimum atomic E-state index is 0. The van der Waals surface area contributed by atoms with Gasteiger partial charge in [0.2, 0.25) is 0 Å². The fraction of sp³-hybridized carbons (Fsp3) is 0.333. The summed E-state index contributed by atoms with van der Waals surface area (Å²) in [5.74, 6) is 0. The zero-order valence-electron chi connectivity index (χ0n) is 7.83. The van der Waals surface area contributed by atoms with Crippen LogP contribution in [0.25, 0.3) is 0 Å². The Morgan fingerprint density at radius 2 is 1.92 bits per heavy atom. The molecule has 0 spiro atoms. The second kappa shape index (κ2) is 6.87. The molecule has 0 unspecified atom stereocenters. The lowest BCUT2D eigenvalue weighted by molar-refractivity contribution is 1.21. The Kier molecular flexibility index (Phi) is 7.87. The monoisotopic (exact) mass is 222 g/mol.